The highest BCUT2D eigenvalue weighted by Crippen LogP contribution is 2.37. The van der Waals surface area contributed by atoms with Crippen LogP contribution in [-0.4, -0.2) is 34.3 Å². The van der Waals surface area contributed by atoms with Gasteiger partial charge in [-0.3, -0.25) is 19.5 Å². The van der Waals surface area contributed by atoms with E-state index in [0.717, 1.165) is 17.4 Å². The molecule has 1 N–H and O–H groups in total. The molecular weight excluding hydrogens is 534 g/mol. The van der Waals surface area contributed by atoms with Crippen LogP contribution in [0.2, 0.25) is 0 Å². The Hall–Kier alpha value is -5.03. The highest BCUT2D eigenvalue weighted by atomic mass is 32.1. The first-order valence-electron chi connectivity index (χ1n) is 12.2. The van der Waals surface area contributed by atoms with Crippen LogP contribution in [0.3, 0.4) is 0 Å². The number of methoxy groups -OCH3 is 1. The zero-order valence-corrected chi connectivity index (χ0v) is 22.3. The molecule has 0 unspecified atom stereocenters. The molecule has 3 aromatic carbocycles. The lowest BCUT2D eigenvalue weighted by atomic mass is 9.93. The number of carbonyl (C=O) groups excluding carboxylic acids is 1. The Kier molecular flexibility index (Phi) is 7.30. The minimum atomic E-state index is -0.836. The number of ether oxygens (including phenoxy) is 2. The third kappa shape index (κ3) is 4.78. The van der Waals surface area contributed by atoms with Gasteiger partial charge in [-0.2, -0.15) is 0 Å². The van der Waals surface area contributed by atoms with Gasteiger partial charge in [-0.05, 0) is 30.2 Å². The Labute approximate surface area is 231 Å². The first-order valence-corrected chi connectivity index (χ1v) is 13.0. The molecule has 0 aliphatic carbocycles. The van der Waals surface area contributed by atoms with Crippen LogP contribution in [0.5, 0.6) is 11.5 Å². The number of nitrogens with zero attached hydrogens (tertiary/aromatic N) is 3. The van der Waals surface area contributed by atoms with Crippen LogP contribution in [0.1, 0.15) is 29.7 Å². The molecule has 40 heavy (non-hydrogen) atoms. The number of phenols is 1. The molecule has 0 saturated carbocycles. The summed E-state index contributed by atoms with van der Waals surface area (Å²) in [5.74, 6) is -1.31. The molecule has 202 valence electrons. The van der Waals surface area contributed by atoms with Gasteiger partial charge in [0.15, 0.2) is 10.6 Å². The van der Waals surface area contributed by atoms with Crippen molar-refractivity contribution in [3.8, 4) is 11.5 Å². The number of nitro benzene ring substituents is 1. The molecule has 0 saturated heterocycles. The van der Waals surface area contributed by atoms with Crippen molar-refractivity contribution in [2.45, 2.75) is 13.0 Å². The van der Waals surface area contributed by atoms with E-state index in [9.17, 15) is 24.8 Å². The Bertz CT molecular complexity index is 1830. The van der Waals surface area contributed by atoms with Gasteiger partial charge < -0.3 is 14.6 Å². The highest BCUT2D eigenvalue weighted by Gasteiger charge is 2.35. The fourth-order valence-electron chi connectivity index (χ4n) is 4.53. The molecule has 4 aromatic rings. The molecule has 2 heterocycles. The number of benzene rings is 3. The van der Waals surface area contributed by atoms with E-state index in [4.69, 9.17) is 14.5 Å². The maximum Gasteiger partial charge on any atom is 0.338 e. The van der Waals surface area contributed by atoms with Crippen molar-refractivity contribution >= 4 is 34.8 Å². The van der Waals surface area contributed by atoms with E-state index in [2.05, 4.69) is 0 Å². The molecule has 1 aliphatic heterocycles. The monoisotopic (exact) mass is 557 g/mol. The normalized spacial score (nSPS) is 14.8. The van der Waals surface area contributed by atoms with E-state index in [1.54, 1.807) is 6.92 Å². The van der Waals surface area contributed by atoms with Gasteiger partial charge in [-0.25, -0.2) is 9.79 Å². The molecule has 1 atom stereocenters. The lowest BCUT2D eigenvalue weighted by molar-refractivity contribution is -0.386. The Balaban J connectivity index is 1.81. The molecule has 0 amide bonds. The molecular formula is C29H23N3O7S. The number of phenolic OH excluding ortho intramolecular Hbond substituents is 1. The Morgan fingerprint density at radius 2 is 1.82 bits per heavy atom. The Morgan fingerprint density at radius 1 is 1.15 bits per heavy atom. The summed E-state index contributed by atoms with van der Waals surface area (Å²) in [5.41, 5.74) is 1.25. The second-order valence-electron chi connectivity index (χ2n) is 8.69. The number of aromatic nitrogens is 1. The van der Waals surface area contributed by atoms with E-state index < -0.39 is 33.9 Å². The van der Waals surface area contributed by atoms with Crippen LogP contribution in [0.4, 0.5) is 5.69 Å². The van der Waals surface area contributed by atoms with Crippen LogP contribution in [0.15, 0.2) is 88.2 Å². The smallest absolute Gasteiger partial charge is 0.338 e. The second-order valence-corrected chi connectivity index (χ2v) is 9.70. The molecule has 0 radical (unpaired) electrons. The molecule has 1 aliphatic rings. The summed E-state index contributed by atoms with van der Waals surface area (Å²) >= 11 is 1.08. The Morgan fingerprint density at radius 3 is 2.45 bits per heavy atom. The third-order valence-electron chi connectivity index (χ3n) is 6.28. The molecule has 11 heteroatoms. The number of thiazole rings is 1. The number of carbonyl (C=O) groups is 1. The van der Waals surface area contributed by atoms with Crippen LogP contribution in [0.25, 0.3) is 11.8 Å². The minimum absolute atomic E-state index is 0.105. The van der Waals surface area contributed by atoms with Crippen LogP contribution in [-0.2, 0) is 9.53 Å². The van der Waals surface area contributed by atoms with Crippen molar-refractivity contribution < 1.29 is 24.3 Å². The van der Waals surface area contributed by atoms with Gasteiger partial charge in [0.1, 0.15) is 0 Å². The zero-order valence-electron chi connectivity index (χ0n) is 21.4. The lowest BCUT2D eigenvalue weighted by Gasteiger charge is -2.25. The van der Waals surface area contributed by atoms with E-state index in [1.807, 2.05) is 60.7 Å². The summed E-state index contributed by atoms with van der Waals surface area (Å²) in [7, 11) is 1.28. The highest BCUT2D eigenvalue weighted by molar-refractivity contribution is 7.07. The second kappa shape index (κ2) is 11.0. The molecule has 0 bridgehead atoms. The van der Waals surface area contributed by atoms with Crippen LogP contribution < -0.4 is 19.6 Å². The van der Waals surface area contributed by atoms with Crippen LogP contribution in [0, 0.1) is 10.1 Å². The van der Waals surface area contributed by atoms with Crippen LogP contribution >= 0.6 is 11.3 Å². The number of nitro groups is 1. The van der Waals surface area contributed by atoms with E-state index >= 15 is 0 Å². The first-order chi connectivity index (χ1) is 19.3. The van der Waals surface area contributed by atoms with Crippen molar-refractivity contribution in [3.63, 3.8) is 0 Å². The average Bonchev–Trinajstić information content (AvgIpc) is 3.28. The van der Waals surface area contributed by atoms with Gasteiger partial charge in [0.05, 0.1) is 40.5 Å². The summed E-state index contributed by atoms with van der Waals surface area (Å²) in [5, 5.41) is 21.6. The minimum Gasteiger partial charge on any atom is -0.500 e. The topological polar surface area (TPSA) is 133 Å². The fraction of sp³-hybridized carbons (Fsp3) is 0.138. The van der Waals surface area contributed by atoms with Crippen molar-refractivity contribution in [1.29, 1.82) is 0 Å². The average molecular weight is 558 g/mol. The van der Waals surface area contributed by atoms with E-state index in [1.165, 1.54) is 23.8 Å². The number of fused-ring (bicyclic) bond motifs is 1. The number of hydrogen-bond donors (Lipinski definition) is 1. The predicted molar refractivity (Wildman–Crippen MR) is 149 cm³/mol. The van der Waals surface area contributed by atoms with Crippen molar-refractivity contribution in [2.24, 2.45) is 4.99 Å². The first kappa shape index (κ1) is 26.6. The summed E-state index contributed by atoms with van der Waals surface area (Å²) in [4.78, 5) is 43.2. The standard InChI is InChI=1S/C29H23N3O7S/c1-3-39-28(35)23-24(18-10-6-4-7-11-18)30-29-31(25(23)19-12-8-5-9-13-19)27(34)22(40-29)16-17-14-20(32(36)37)26(33)21(15-17)38-2/h4-16,25,33H,3H2,1-2H3/b22-16-/t25-/m1/s1. The largest absolute Gasteiger partial charge is 0.500 e. The van der Waals surface area contributed by atoms with Gasteiger partial charge in [-0.15, -0.1) is 0 Å². The number of hydrogen-bond acceptors (Lipinski definition) is 9. The lowest BCUT2D eigenvalue weighted by Crippen LogP contribution is -2.39. The predicted octanol–water partition coefficient (Wildman–Crippen LogP) is 3.56. The molecule has 5 rings (SSSR count). The number of rotatable bonds is 7. The molecule has 10 nitrogen and oxygen atoms in total. The summed E-state index contributed by atoms with van der Waals surface area (Å²) in [6, 6.07) is 20.0. The van der Waals surface area contributed by atoms with Crippen molar-refractivity contribution in [1.82, 2.24) is 4.57 Å². The summed E-state index contributed by atoms with van der Waals surface area (Å²) in [6.07, 6.45) is 1.47. The van der Waals surface area contributed by atoms with Gasteiger partial charge in [0, 0.05) is 11.6 Å². The third-order valence-corrected chi connectivity index (χ3v) is 7.26. The van der Waals surface area contributed by atoms with E-state index in [0.29, 0.717) is 21.6 Å². The summed E-state index contributed by atoms with van der Waals surface area (Å²) in [6.45, 7) is 1.84. The SMILES string of the molecule is CCOC(=O)C1=C(c2ccccc2)N=c2s/c(=C\c3cc(OC)c(O)c([N+](=O)[O-])c3)c(=O)n2[C@@H]1c1ccccc1. The van der Waals surface area contributed by atoms with E-state index in [-0.39, 0.29) is 28.0 Å². The molecule has 0 fully saturated rings. The van der Waals surface area contributed by atoms with Crippen molar-refractivity contribution in [3.05, 3.63) is 125 Å². The molecule has 0 spiro atoms. The number of esters is 1. The van der Waals surface area contributed by atoms with Gasteiger partial charge in [-0.1, -0.05) is 72.0 Å². The molecule has 1 aromatic heterocycles. The summed E-state index contributed by atoms with van der Waals surface area (Å²) < 4.78 is 12.2. The fourth-order valence-corrected chi connectivity index (χ4v) is 5.54. The zero-order chi connectivity index (χ0) is 28.4. The van der Waals surface area contributed by atoms with Crippen molar-refractivity contribution in [2.75, 3.05) is 13.7 Å². The van der Waals surface area contributed by atoms with Gasteiger partial charge in [0.2, 0.25) is 5.75 Å². The maximum absolute atomic E-state index is 13.9. The number of aromatic hydroxyl groups is 1. The maximum atomic E-state index is 13.9. The van der Waals surface area contributed by atoms with Gasteiger partial charge >= 0.3 is 11.7 Å². The quantitative estimate of drug-likeness (QED) is 0.209. The van der Waals surface area contributed by atoms with Gasteiger partial charge in [0.25, 0.3) is 5.56 Å².